The molecule has 0 fully saturated rings. The molecule has 0 rings (SSSR count). The standard InChI is InChI=1S/C12H22N2O5/c1-4-8(2)13-10(15)7-14(6-5-11(16)17)9(3)12(18)19/h8-9H,4-7H2,1-3H3,(H,13,15)(H,16,17)(H,18,19). The second kappa shape index (κ2) is 8.47. The Morgan fingerprint density at radius 3 is 2.21 bits per heavy atom. The van der Waals surface area contributed by atoms with Crippen molar-refractivity contribution in [2.45, 2.75) is 45.7 Å². The first-order valence-corrected chi connectivity index (χ1v) is 6.25. The minimum Gasteiger partial charge on any atom is -0.481 e. The lowest BCUT2D eigenvalue weighted by Crippen LogP contribution is -2.47. The summed E-state index contributed by atoms with van der Waals surface area (Å²) in [5.41, 5.74) is 0. The Bertz CT molecular complexity index is 332. The van der Waals surface area contributed by atoms with Crippen LogP contribution in [0.3, 0.4) is 0 Å². The number of rotatable bonds is 9. The van der Waals surface area contributed by atoms with Crippen molar-refractivity contribution >= 4 is 17.8 Å². The van der Waals surface area contributed by atoms with Gasteiger partial charge >= 0.3 is 11.9 Å². The Morgan fingerprint density at radius 1 is 1.21 bits per heavy atom. The molecule has 0 aliphatic rings. The third kappa shape index (κ3) is 7.40. The van der Waals surface area contributed by atoms with E-state index in [2.05, 4.69) is 5.32 Å². The SMILES string of the molecule is CCC(C)NC(=O)CN(CCC(=O)O)C(C)C(=O)O. The van der Waals surface area contributed by atoms with Crippen molar-refractivity contribution in [2.24, 2.45) is 0 Å². The summed E-state index contributed by atoms with van der Waals surface area (Å²) in [7, 11) is 0. The van der Waals surface area contributed by atoms with Gasteiger partial charge in [-0.3, -0.25) is 19.3 Å². The first-order valence-electron chi connectivity index (χ1n) is 6.25. The number of carbonyl (C=O) groups excluding carboxylic acids is 1. The Hall–Kier alpha value is -1.63. The third-order valence-electron chi connectivity index (χ3n) is 2.88. The number of hydrogen-bond acceptors (Lipinski definition) is 4. The zero-order chi connectivity index (χ0) is 15.0. The van der Waals surface area contributed by atoms with E-state index in [1.54, 1.807) is 0 Å². The number of nitrogens with one attached hydrogen (secondary N) is 1. The van der Waals surface area contributed by atoms with Gasteiger partial charge in [-0.1, -0.05) is 6.92 Å². The number of carboxylic acid groups (broad SMARTS) is 2. The molecular weight excluding hydrogens is 252 g/mol. The fraction of sp³-hybridized carbons (Fsp3) is 0.750. The lowest BCUT2D eigenvalue weighted by atomic mass is 10.2. The molecule has 0 aromatic carbocycles. The molecular formula is C12H22N2O5. The van der Waals surface area contributed by atoms with E-state index in [0.717, 1.165) is 6.42 Å². The monoisotopic (exact) mass is 274 g/mol. The lowest BCUT2D eigenvalue weighted by molar-refractivity contribution is -0.145. The Kier molecular flexibility index (Phi) is 7.74. The van der Waals surface area contributed by atoms with Gasteiger partial charge in [0.15, 0.2) is 0 Å². The molecule has 0 saturated carbocycles. The van der Waals surface area contributed by atoms with Gasteiger partial charge in [0.05, 0.1) is 13.0 Å². The minimum atomic E-state index is -1.08. The van der Waals surface area contributed by atoms with Gasteiger partial charge in [0, 0.05) is 12.6 Å². The smallest absolute Gasteiger partial charge is 0.320 e. The van der Waals surface area contributed by atoms with Crippen LogP contribution in [0.15, 0.2) is 0 Å². The molecule has 0 aliphatic carbocycles. The fourth-order valence-corrected chi connectivity index (χ4v) is 1.41. The van der Waals surface area contributed by atoms with Gasteiger partial charge in [-0.15, -0.1) is 0 Å². The maximum atomic E-state index is 11.7. The van der Waals surface area contributed by atoms with E-state index in [4.69, 9.17) is 10.2 Å². The molecule has 110 valence electrons. The number of carbonyl (C=O) groups is 3. The van der Waals surface area contributed by atoms with E-state index >= 15 is 0 Å². The predicted molar refractivity (Wildman–Crippen MR) is 68.8 cm³/mol. The summed E-state index contributed by atoms with van der Waals surface area (Å²) in [5, 5.41) is 20.3. The zero-order valence-electron chi connectivity index (χ0n) is 11.5. The topological polar surface area (TPSA) is 107 Å². The highest BCUT2D eigenvalue weighted by Crippen LogP contribution is 2.02. The zero-order valence-corrected chi connectivity index (χ0v) is 11.5. The molecule has 7 nitrogen and oxygen atoms in total. The van der Waals surface area contributed by atoms with Gasteiger partial charge in [0.1, 0.15) is 6.04 Å². The maximum Gasteiger partial charge on any atom is 0.320 e. The fourth-order valence-electron chi connectivity index (χ4n) is 1.41. The average Bonchev–Trinajstić information content (AvgIpc) is 2.32. The highest BCUT2D eigenvalue weighted by atomic mass is 16.4. The Labute approximate surface area is 112 Å². The number of amides is 1. The summed E-state index contributed by atoms with van der Waals surface area (Å²) >= 11 is 0. The summed E-state index contributed by atoms with van der Waals surface area (Å²) in [6.45, 7) is 5.11. The van der Waals surface area contributed by atoms with E-state index in [9.17, 15) is 14.4 Å². The van der Waals surface area contributed by atoms with Crippen LogP contribution >= 0.6 is 0 Å². The van der Waals surface area contributed by atoms with Crippen molar-refractivity contribution in [3.63, 3.8) is 0 Å². The van der Waals surface area contributed by atoms with Gasteiger partial charge in [-0.2, -0.15) is 0 Å². The number of hydrogen-bond donors (Lipinski definition) is 3. The molecule has 1 amide bonds. The number of aliphatic carboxylic acids is 2. The molecule has 2 unspecified atom stereocenters. The second-order valence-electron chi connectivity index (χ2n) is 4.51. The van der Waals surface area contributed by atoms with Crippen molar-refractivity contribution in [1.82, 2.24) is 10.2 Å². The molecule has 2 atom stereocenters. The predicted octanol–water partition coefficient (Wildman–Crippen LogP) is 0.151. The molecule has 0 radical (unpaired) electrons. The van der Waals surface area contributed by atoms with Crippen LogP contribution in [0.1, 0.15) is 33.6 Å². The highest BCUT2D eigenvalue weighted by molar-refractivity contribution is 5.80. The van der Waals surface area contributed by atoms with E-state index in [1.165, 1.54) is 11.8 Å². The van der Waals surface area contributed by atoms with E-state index in [1.807, 2.05) is 13.8 Å². The molecule has 0 bridgehead atoms. The van der Waals surface area contributed by atoms with Crippen LogP contribution < -0.4 is 5.32 Å². The van der Waals surface area contributed by atoms with Crippen LogP contribution in [-0.4, -0.2) is 58.1 Å². The average molecular weight is 274 g/mol. The summed E-state index contributed by atoms with van der Waals surface area (Å²) in [5.74, 6) is -2.40. The summed E-state index contributed by atoms with van der Waals surface area (Å²) < 4.78 is 0. The molecule has 3 N–H and O–H groups in total. The number of carboxylic acids is 2. The molecule has 0 spiro atoms. The molecule has 0 aliphatic heterocycles. The normalized spacial score (nSPS) is 13.9. The Balaban J connectivity index is 4.52. The largest absolute Gasteiger partial charge is 0.481 e. The molecule has 7 heteroatoms. The minimum absolute atomic E-state index is 0.00829. The first kappa shape index (κ1) is 17.4. The van der Waals surface area contributed by atoms with Gasteiger partial charge in [-0.05, 0) is 20.3 Å². The van der Waals surface area contributed by atoms with E-state index in [-0.39, 0.29) is 31.5 Å². The van der Waals surface area contributed by atoms with Crippen LogP contribution in [0.5, 0.6) is 0 Å². The highest BCUT2D eigenvalue weighted by Gasteiger charge is 2.23. The molecule has 19 heavy (non-hydrogen) atoms. The molecule has 0 saturated heterocycles. The summed E-state index contributed by atoms with van der Waals surface area (Å²) in [4.78, 5) is 34.5. The number of nitrogens with zero attached hydrogens (tertiary/aromatic N) is 1. The van der Waals surface area contributed by atoms with Crippen molar-refractivity contribution < 1.29 is 24.6 Å². The third-order valence-corrected chi connectivity index (χ3v) is 2.88. The first-order chi connectivity index (χ1) is 8.77. The van der Waals surface area contributed by atoms with Crippen LogP contribution in [0, 0.1) is 0 Å². The summed E-state index contributed by atoms with van der Waals surface area (Å²) in [6, 6.07) is -0.893. The van der Waals surface area contributed by atoms with Crippen molar-refractivity contribution in [2.75, 3.05) is 13.1 Å². The van der Waals surface area contributed by atoms with E-state index < -0.39 is 18.0 Å². The second-order valence-corrected chi connectivity index (χ2v) is 4.51. The van der Waals surface area contributed by atoms with Crippen LogP contribution in [-0.2, 0) is 14.4 Å². The van der Waals surface area contributed by atoms with Crippen LogP contribution in [0.2, 0.25) is 0 Å². The van der Waals surface area contributed by atoms with Gasteiger partial charge in [0.2, 0.25) is 5.91 Å². The molecule has 0 heterocycles. The van der Waals surface area contributed by atoms with Crippen LogP contribution in [0.4, 0.5) is 0 Å². The van der Waals surface area contributed by atoms with Crippen molar-refractivity contribution in [3.8, 4) is 0 Å². The molecule has 0 aromatic rings. The van der Waals surface area contributed by atoms with Gasteiger partial charge < -0.3 is 15.5 Å². The van der Waals surface area contributed by atoms with Crippen LogP contribution in [0.25, 0.3) is 0 Å². The summed E-state index contributed by atoms with van der Waals surface area (Å²) in [6.07, 6.45) is 0.573. The van der Waals surface area contributed by atoms with Gasteiger partial charge in [0.25, 0.3) is 0 Å². The maximum absolute atomic E-state index is 11.7. The van der Waals surface area contributed by atoms with E-state index in [0.29, 0.717) is 0 Å². The molecule has 0 aromatic heterocycles. The van der Waals surface area contributed by atoms with Crippen molar-refractivity contribution in [3.05, 3.63) is 0 Å². The Morgan fingerprint density at radius 2 is 1.79 bits per heavy atom. The quantitative estimate of drug-likeness (QED) is 0.552. The van der Waals surface area contributed by atoms with Crippen molar-refractivity contribution in [1.29, 1.82) is 0 Å². The van der Waals surface area contributed by atoms with Gasteiger partial charge in [-0.25, -0.2) is 0 Å². The lowest BCUT2D eigenvalue weighted by Gasteiger charge is -2.25.